The van der Waals surface area contributed by atoms with Gasteiger partial charge in [0, 0.05) is 19.5 Å². The zero-order chi connectivity index (χ0) is 12.9. The van der Waals surface area contributed by atoms with Crippen LogP contribution in [0.1, 0.15) is 40.0 Å². The molecular formula is C13H27NO3. The third-order valence-electron chi connectivity index (χ3n) is 2.43. The van der Waals surface area contributed by atoms with Gasteiger partial charge in [0.1, 0.15) is 0 Å². The van der Waals surface area contributed by atoms with E-state index in [0.717, 1.165) is 45.7 Å². The van der Waals surface area contributed by atoms with Crippen molar-refractivity contribution in [1.82, 2.24) is 4.90 Å². The Labute approximate surface area is 105 Å². The van der Waals surface area contributed by atoms with Gasteiger partial charge in [0.25, 0.3) is 0 Å². The van der Waals surface area contributed by atoms with Gasteiger partial charge in [-0.1, -0.05) is 20.8 Å². The molecule has 0 aromatic carbocycles. The topological polar surface area (TPSA) is 38.8 Å². The van der Waals surface area contributed by atoms with Crippen LogP contribution in [0, 0.1) is 0 Å². The molecule has 1 saturated heterocycles. The van der Waals surface area contributed by atoms with Crippen molar-refractivity contribution in [3.63, 3.8) is 0 Å². The molecular weight excluding hydrogens is 218 g/mol. The number of ether oxygens (including phenoxy) is 2. The summed E-state index contributed by atoms with van der Waals surface area (Å²) in [6.07, 6.45) is 2.33. The second-order valence-electron chi connectivity index (χ2n) is 3.78. The predicted molar refractivity (Wildman–Crippen MR) is 69.1 cm³/mol. The summed E-state index contributed by atoms with van der Waals surface area (Å²) in [5, 5.41) is 0. The number of hydrogen-bond acceptors (Lipinski definition) is 4. The molecule has 4 heteroatoms. The first kappa shape index (κ1) is 16.4. The van der Waals surface area contributed by atoms with E-state index in [4.69, 9.17) is 9.47 Å². The Kier molecular flexibility index (Phi) is 11.4. The van der Waals surface area contributed by atoms with Gasteiger partial charge in [-0.15, -0.1) is 0 Å². The lowest BCUT2D eigenvalue weighted by atomic mass is 10.3. The Hall–Kier alpha value is -0.610. The number of carbonyl (C=O) groups is 1. The number of rotatable bonds is 6. The highest BCUT2D eigenvalue weighted by Gasteiger charge is 2.10. The minimum Gasteiger partial charge on any atom is -0.466 e. The van der Waals surface area contributed by atoms with Crippen molar-refractivity contribution in [2.45, 2.75) is 40.0 Å². The van der Waals surface area contributed by atoms with Crippen LogP contribution in [-0.2, 0) is 14.3 Å². The van der Waals surface area contributed by atoms with Crippen molar-refractivity contribution >= 4 is 5.97 Å². The molecule has 0 saturated carbocycles. The highest BCUT2D eigenvalue weighted by molar-refractivity contribution is 5.69. The molecule has 0 unspecified atom stereocenters. The summed E-state index contributed by atoms with van der Waals surface area (Å²) in [4.78, 5) is 13.5. The first-order valence-corrected chi connectivity index (χ1v) is 6.78. The van der Waals surface area contributed by atoms with Crippen molar-refractivity contribution in [3.05, 3.63) is 0 Å². The zero-order valence-corrected chi connectivity index (χ0v) is 11.5. The highest BCUT2D eigenvalue weighted by atomic mass is 16.5. The van der Waals surface area contributed by atoms with Crippen molar-refractivity contribution in [1.29, 1.82) is 0 Å². The molecule has 0 N–H and O–H groups in total. The van der Waals surface area contributed by atoms with Crippen LogP contribution in [0.25, 0.3) is 0 Å². The summed E-state index contributed by atoms with van der Waals surface area (Å²) in [6.45, 7) is 11.1. The van der Waals surface area contributed by atoms with E-state index in [9.17, 15) is 4.79 Å². The van der Waals surface area contributed by atoms with Crippen LogP contribution < -0.4 is 0 Å². The first-order valence-electron chi connectivity index (χ1n) is 6.78. The van der Waals surface area contributed by atoms with E-state index in [0.29, 0.717) is 13.0 Å². The summed E-state index contributed by atoms with van der Waals surface area (Å²) in [7, 11) is 0. The molecule has 1 fully saturated rings. The van der Waals surface area contributed by atoms with Crippen LogP contribution in [-0.4, -0.2) is 50.3 Å². The number of carbonyl (C=O) groups excluding carboxylic acids is 1. The summed E-state index contributed by atoms with van der Waals surface area (Å²) < 4.78 is 10.2. The largest absolute Gasteiger partial charge is 0.466 e. The van der Waals surface area contributed by atoms with Gasteiger partial charge in [0.05, 0.1) is 19.8 Å². The van der Waals surface area contributed by atoms with Gasteiger partial charge >= 0.3 is 5.97 Å². The Balaban J connectivity index is 0.00000121. The second kappa shape index (κ2) is 11.9. The van der Waals surface area contributed by atoms with Gasteiger partial charge in [-0.2, -0.15) is 0 Å². The summed E-state index contributed by atoms with van der Waals surface area (Å²) in [5.41, 5.74) is 0. The van der Waals surface area contributed by atoms with Crippen LogP contribution >= 0.6 is 0 Å². The Morgan fingerprint density at radius 1 is 1.29 bits per heavy atom. The minimum absolute atomic E-state index is 0.0647. The molecule has 0 aromatic heterocycles. The van der Waals surface area contributed by atoms with Crippen molar-refractivity contribution in [2.24, 2.45) is 0 Å². The average Bonchev–Trinajstić information content (AvgIpc) is 2.40. The average molecular weight is 245 g/mol. The van der Waals surface area contributed by atoms with Gasteiger partial charge < -0.3 is 9.47 Å². The molecule has 1 aliphatic heterocycles. The standard InChI is InChI=1S/C11H21NO3.C2H6/c1-2-8-15-11(13)4-3-5-12-6-9-14-10-7-12;1-2/h2-10H2,1H3;1-2H3. The molecule has 0 aromatic rings. The monoisotopic (exact) mass is 245 g/mol. The summed E-state index contributed by atoms with van der Waals surface area (Å²) in [6, 6.07) is 0. The second-order valence-corrected chi connectivity index (χ2v) is 3.78. The van der Waals surface area contributed by atoms with E-state index >= 15 is 0 Å². The van der Waals surface area contributed by atoms with Crippen LogP contribution in [0.5, 0.6) is 0 Å². The lowest BCUT2D eigenvalue weighted by molar-refractivity contribution is -0.143. The fraction of sp³-hybridized carbons (Fsp3) is 0.923. The molecule has 17 heavy (non-hydrogen) atoms. The van der Waals surface area contributed by atoms with Crippen LogP contribution in [0.3, 0.4) is 0 Å². The maximum absolute atomic E-state index is 11.2. The third kappa shape index (κ3) is 9.12. The molecule has 102 valence electrons. The normalized spacial score (nSPS) is 15.9. The van der Waals surface area contributed by atoms with Gasteiger partial charge in [-0.3, -0.25) is 9.69 Å². The predicted octanol–water partition coefficient (Wildman–Crippen LogP) is 2.08. The SMILES string of the molecule is CC.CCCOC(=O)CCCN1CCOCC1. The minimum atomic E-state index is -0.0647. The van der Waals surface area contributed by atoms with Gasteiger partial charge in [0.2, 0.25) is 0 Å². The van der Waals surface area contributed by atoms with E-state index < -0.39 is 0 Å². The maximum atomic E-state index is 11.2. The van der Waals surface area contributed by atoms with Crippen LogP contribution in [0.15, 0.2) is 0 Å². The molecule has 0 spiro atoms. The van der Waals surface area contributed by atoms with E-state index in [-0.39, 0.29) is 5.97 Å². The lowest BCUT2D eigenvalue weighted by Crippen LogP contribution is -2.37. The smallest absolute Gasteiger partial charge is 0.305 e. The fourth-order valence-corrected chi connectivity index (χ4v) is 1.56. The molecule has 4 nitrogen and oxygen atoms in total. The fourth-order valence-electron chi connectivity index (χ4n) is 1.56. The first-order chi connectivity index (χ1) is 8.33. The molecule has 0 bridgehead atoms. The van der Waals surface area contributed by atoms with Crippen molar-refractivity contribution < 1.29 is 14.3 Å². The van der Waals surface area contributed by atoms with Gasteiger partial charge in [-0.05, 0) is 19.4 Å². The zero-order valence-electron chi connectivity index (χ0n) is 11.5. The third-order valence-corrected chi connectivity index (χ3v) is 2.43. The number of nitrogens with zero attached hydrogens (tertiary/aromatic N) is 1. The number of esters is 1. The Morgan fingerprint density at radius 2 is 1.94 bits per heavy atom. The Bertz CT molecular complexity index is 180. The summed E-state index contributed by atoms with van der Waals surface area (Å²) in [5.74, 6) is -0.0647. The van der Waals surface area contributed by atoms with Crippen molar-refractivity contribution in [3.8, 4) is 0 Å². The lowest BCUT2D eigenvalue weighted by Gasteiger charge is -2.26. The number of hydrogen-bond donors (Lipinski definition) is 0. The molecule has 1 aliphatic rings. The van der Waals surface area contributed by atoms with Crippen LogP contribution in [0.2, 0.25) is 0 Å². The van der Waals surface area contributed by atoms with E-state index in [1.165, 1.54) is 0 Å². The molecule has 0 atom stereocenters. The van der Waals surface area contributed by atoms with Gasteiger partial charge in [0.15, 0.2) is 0 Å². The molecule has 0 aliphatic carbocycles. The van der Waals surface area contributed by atoms with Gasteiger partial charge in [-0.25, -0.2) is 0 Å². The molecule has 0 amide bonds. The Morgan fingerprint density at radius 3 is 2.53 bits per heavy atom. The quantitative estimate of drug-likeness (QED) is 0.672. The number of morpholine rings is 1. The van der Waals surface area contributed by atoms with E-state index in [1.807, 2.05) is 20.8 Å². The van der Waals surface area contributed by atoms with Crippen LogP contribution in [0.4, 0.5) is 0 Å². The maximum Gasteiger partial charge on any atom is 0.305 e. The molecule has 1 rings (SSSR count). The highest BCUT2D eigenvalue weighted by Crippen LogP contribution is 2.01. The summed E-state index contributed by atoms with van der Waals surface area (Å²) >= 11 is 0. The van der Waals surface area contributed by atoms with Crippen molar-refractivity contribution in [2.75, 3.05) is 39.5 Å². The molecule has 0 radical (unpaired) electrons. The van der Waals surface area contributed by atoms with E-state index in [2.05, 4.69) is 4.90 Å². The van der Waals surface area contributed by atoms with E-state index in [1.54, 1.807) is 0 Å². The molecule has 1 heterocycles.